The molecule has 96 valence electrons. The summed E-state index contributed by atoms with van der Waals surface area (Å²) in [6.07, 6.45) is -5.06. The predicted molar refractivity (Wildman–Crippen MR) is 54.0 cm³/mol. The first-order valence-corrected chi connectivity index (χ1v) is 5.41. The molecule has 2 heterocycles. The number of alkyl halides is 3. The van der Waals surface area contributed by atoms with Gasteiger partial charge in [0.1, 0.15) is 5.75 Å². The summed E-state index contributed by atoms with van der Waals surface area (Å²) in [5.74, 6) is -4.69. The largest absolute Gasteiger partial charge is 0.468 e. The smallest absolute Gasteiger partial charge is 0.444 e. The van der Waals surface area contributed by atoms with Crippen LogP contribution in [0.15, 0.2) is 18.2 Å². The van der Waals surface area contributed by atoms with Gasteiger partial charge in [0.05, 0.1) is 12.3 Å². The lowest BCUT2D eigenvalue weighted by atomic mass is 9.90. The maximum absolute atomic E-state index is 13.1. The number of fused-ring (bicyclic) bond motifs is 3. The van der Waals surface area contributed by atoms with Crippen molar-refractivity contribution in [3.8, 4) is 5.75 Å². The van der Waals surface area contributed by atoms with Gasteiger partial charge in [-0.3, -0.25) is 4.79 Å². The van der Waals surface area contributed by atoms with Gasteiger partial charge in [-0.25, -0.2) is 0 Å². The van der Waals surface area contributed by atoms with E-state index in [1.807, 2.05) is 0 Å². The van der Waals surface area contributed by atoms with Crippen molar-refractivity contribution in [2.45, 2.75) is 31.2 Å². The van der Waals surface area contributed by atoms with Crippen LogP contribution in [-0.2, 0) is 9.53 Å². The van der Waals surface area contributed by atoms with Crippen LogP contribution in [0, 0.1) is 6.92 Å². The number of ether oxygens (including phenoxy) is 2. The third-order valence-electron chi connectivity index (χ3n) is 3.29. The molecule has 0 aliphatic carbocycles. The molecule has 18 heavy (non-hydrogen) atoms. The maximum Gasteiger partial charge on any atom is 0.468 e. The number of carbonyl (C=O) groups is 1. The van der Waals surface area contributed by atoms with E-state index in [2.05, 4.69) is 4.74 Å². The third kappa shape index (κ3) is 1.28. The van der Waals surface area contributed by atoms with Gasteiger partial charge >= 0.3 is 17.9 Å². The first-order valence-electron chi connectivity index (χ1n) is 5.41. The number of esters is 1. The molecule has 2 aliphatic rings. The van der Waals surface area contributed by atoms with E-state index in [0.29, 0.717) is 5.56 Å². The van der Waals surface area contributed by atoms with Crippen molar-refractivity contribution in [3.05, 3.63) is 29.3 Å². The molecule has 2 aliphatic heterocycles. The summed E-state index contributed by atoms with van der Waals surface area (Å²) in [6, 6.07) is 4.74. The van der Waals surface area contributed by atoms with E-state index in [4.69, 9.17) is 4.74 Å². The van der Waals surface area contributed by atoms with Gasteiger partial charge in [-0.05, 0) is 13.0 Å². The van der Waals surface area contributed by atoms with Crippen molar-refractivity contribution < 1.29 is 27.4 Å². The first kappa shape index (κ1) is 11.4. The predicted octanol–water partition coefficient (Wildman–Crippen LogP) is 2.68. The lowest BCUT2D eigenvalue weighted by molar-refractivity contribution is -0.327. The quantitative estimate of drug-likeness (QED) is 0.671. The fraction of sp³-hybridized carbons (Fsp3) is 0.417. The lowest BCUT2D eigenvalue weighted by Gasteiger charge is -2.28. The Morgan fingerprint density at radius 3 is 2.72 bits per heavy atom. The van der Waals surface area contributed by atoms with Crippen molar-refractivity contribution in [2.75, 3.05) is 0 Å². The molecule has 1 fully saturated rings. The Morgan fingerprint density at radius 2 is 2.06 bits per heavy atom. The average Bonchev–Trinajstić information content (AvgIpc) is 2.71. The van der Waals surface area contributed by atoms with Gasteiger partial charge in [-0.2, -0.15) is 13.2 Å². The van der Waals surface area contributed by atoms with Crippen LogP contribution in [0.2, 0.25) is 0 Å². The summed E-state index contributed by atoms with van der Waals surface area (Å²) in [6.45, 7) is 1.77. The molecule has 1 aromatic rings. The van der Waals surface area contributed by atoms with Crippen LogP contribution in [0.4, 0.5) is 13.2 Å². The Kier molecular flexibility index (Phi) is 2.01. The Balaban J connectivity index is 2.16. The molecule has 1 saturated heterocycles. The molecule has 3 nitrogen and oxygen atoms in total. The van der Waals surface area contributed by atoms with Crippen LogP contribution < -0.4 is 4.74 Å². The highest BCUT2D eigenvalue weighted by molar-refractivity contribution is 5.75. The highest BCUT2D eigenvalue weighted by atomic mass is 19.4. The summed E-state index contributed by atoms with van der Waals surface area (Å²) in [5.41, 5.74) is 1.20. The topological polar surface area (TPSA) is 35.5 Å². The van der Waals surface area contributed by atoms with Crippen LogP contribution in [-0.4, -0.2) is 17.9 Å². The Bertz CT molecular complexity index is 538. The number of benzene rings is 1. The van der Waals surface area contributed by atoms with Crippen LogP contribution in [0.3, 0.4) is 0 Å². The van der Waals surface area contributed by atoms with Crippen LogP contribution in [0.5, 0.6) is 5.75 Å². The minimum Gasteiger partial charge on any atom is -0.444 e. The van der Waals surface area contributed by atoms with E-state index < -0.39 is 23.9 Å². The molecule has 3 rings (SSSR count). The van der Waals surface area contributed by atoms with Gasteiger partial charge in [-0.15, -0.1) is 0 Å². The van der Waals surface area contributed by atoms with E-state index in [9.17, 15) is 18.0 Å². The zero-order valence-corrected chi connectivity index (χ0v) is 9.38. The highest BCUT2D eigenvalue weighted by Crippen LogP contribution is 2.57. The average molecular weight is 258 g/mol. The number of halogens is 3. The van der Waals surface area contributed by atoms with Crippen molar-refractivity contribution in [2.24, 2.45) is 0 Å². The van der Waals surface area contributed by atoms with Crippen molar-refractivity contribution in [3.63, 3.8) is 0 Å². The van der Waals surface area contributed by atoms with E-state index in [1.165, 1.54) is 6.07 Å². The first-order chi connectivity index (χ1) is 8.33. The summed E-state index contributed by atoms with van der Waals surface area (Å²) < 4.78 is 48.8. The van der Waals surface area contributed by atoms with Gasteiger partial charge in [0.25, 0.3) is 0 Å². The van der Waals surface area contributed by atoms with E-state index >= 15 is 0 Å². The second-order valence-electron chi connectivity index (χ2n) is 4.54. The number of carbonyl (C=O) groups excluding carboxylic acids is 1. The number of hydrogen-bond acceptors (Lipinski definition) is 3. The van der Waals surface area contributed by atoms with Gasteiger partial charge in [-0.1, -0.05) is 17.7 Å². The SMILES string of the molecule is Cc1ccc2c(c1)[C@@H]1CC(=O)O[C@]1(C(F)(F)F)O2. The Morgan fingerprint density at radius 1 is 1.33 bits per heavy atom. The molecule has 0 unspecified atom stereocenters. The Hall–Kier alpha value is -1.72. The molecule has 0 spiro atoms. The molecule has 2 atom stereocenters. The zero-order chi connectivity index (χ0) is 13.1. The van der Waals surface area contributed by atoms with Gasteiger partial charge in [0.15, 0.2) is 0 Å². The molecule has 0 amide bonds. The third-order valence-corrected chi connectivity index (χ3v) is 3.29. The fourth-order valence-corrected chi connectivity index (χ4v) is 2.50. The summed E-state index contributed by atoms with van der Waals surface area (Å²) in [5, 5.41) is 0. The lowest BCUT2D eigenvalue weighted by Crippen LogP contribution is -2.51. The second-order valence-corrected chi connectivity index (χ2v) is 4.54. The standard InChI is InChI=1S/C12H9F3O3/c1-6-2-3-9-7(4-6)8-5-10(16)18-11(8,17-9)12(13,14)15/h2-4,8H,5H2,1H3/t8-,11+/m0/s1. The van der Waals surface area contributed by atoms with E-state index in [-0.39, 0.29) is 12.2 Å². The van der Waals surface area contributed by atoms with Crippen LogP contribution in [0.1, 0.15) is 23.5 Å². The summed E-state index contributed by atoms with van der Waals surface area (Å²) >= 11 is 0. The molecule has 0 bridgehead atoms. The second kappa shape index (κ2) is 3.18. The van der Waals surface area contributed by atoms with E-state index in [1.54, 1.807) is 19.1 Å². The molecule has 1 aromatic carbocycles. The maximum atomic E-state index is 13.1. The van der Waals surface area contributed by atoms with Crippen molar-refractivity contribution in [1.29, 1.82) is 0 Å². The van der Waals surface area contributed by atoms with Crippen LogP contribution >= 0.6 is 0 Å². The number of aryl methyl sites for hydroxylation is 1. The van der Waals surface area contributed by atoms with Gasteiger partial charge in [0.2, 0.25) is 0 Å². The van der Waals surface area contributed by atoms with Gasteiger partial charge < -0.3 is 9.47 Å². The number of hydrogen-bond donors (Lipinski definition) is 0. The molecule has 0 aromatic heterocycles. The van der Waals surface area contributed by atoms with Crippen LogP contribution in [0.25, 0.3) is 0 Å². The monoisotopic (exact) mass is 258 g/mol. The zero-order valence-electron chi connectivity index (χ0n) is 9.38. The van der Waals surface area contributed by atoms with Gasteiger partial charge in [0, 0.05) is 5.56 Å². The number of rotatable bonds is 0. The summed E-state index contributed by atoms with van der Waals surface area (Å²) in [4.78, 5) is 11.2. The van der Waals surface area contributed by atoms with Crippen molar-refractivity contribution >= 4 is 5.97 Å². The molecular formula is C12H9F3O3. The molecule has 0 saturated carbocycles. The van der Waals surface area contributed by atoms with Crippen molar-refractivity contribution in [1.82, 2.24) is 0 Å². The molecule has 0 N–H and O–H groups in total. The molecule has 0 radical (unpaired) electrons. The highest BCUT2D eigenvalue weighted by Gasteiger charge is 2.73. The minimum atomic E-state index is -4.75. The normalized spacial score (nSPS) is 29.6. The minimum absolute atomic E-state index is 0.135. The summed E-state index contributed by atoms with van der Waals surface area (Å²) in [7, 11) is 0. The molecule has 6 heteroatoms. The van der Waals surface area contributed by atoms with E-state index in [0.717, 1.165) is 5.56 Å². The Labute approximate surface area is 100 Å². The molecular weight excluding hydrogens is 249 g/mol. The fourth-order valence-electron chi connectivity index (χ4n) is 2.50.